The largest absolute Gasteiger partial charge is 0.450 e. The minimum atomic E-state index is -0.346. The maximum Gasteiger partial charge on any atom is 0.409 e. The average Bonchev–Trinajstić information content (AvgIpc) is 3.10. The third kappa shape index (κ3) is 4.22. The number of anilines is 1. The Hall–Kier alpha value is -2.41. The van der Waals surface area contributed by atoms with E-state index in [-0.39, 0.29) is 17.9 Å². The monoisotopic (exact) mass is 373 g/mol. The van der Waals surface area contributed by atoms with Crippen molar-refractivity contribution in [3.63, 3.8) is 0 Å². The Kier molecular flexibility index (Phi) is 5.88. The van der Waals surface area contributed by atoms with Crippen LogP contribution >= 0.6 is 11.3 Å². The number of rotatable bonds is 4. The van der Waals surface area contributed by atoms with Crippen molar-refractivity contribution in [2.75, 3.05) is 25.0 Å². The van der Waals surface area contributed by atoms with Crippen LogP contribution in [0.3, 0.4) is 0 Å². The van der Waals surface area contributed by atoms with E-state index in [1.807, 2.05) is 36.6 Å². The van der Waals surface area contributed by atoms with Crippen LogP contribution < -0.4 is 5.32 Å². The molecule has 7 heteroatoms. The molecule has 1 aliphatic rings. The maximum absolute atomic E-state index is 12.6. The summed E-state index contributed by atoms with van der Waals surface area (Å²) in [7, 11) is 0. The number of aromatic nitrogens is 1. The van der Waals surface area contributed by atoms with Gasteiger partial charge in [0, 0.05) is 24.0 Å². The van der Waals surface area contributed by atoms with Gasteiger partial charge in [-0.05, 0) is 32.3 Å². The molecule has 1 aliphatic heterocycles. The van der Waals surface area contributed by atoms with Crippen molar-refractivity contribution in [3.05, 3.63) is 35.2 Å². The lowest BCUT2D eigenvalue weighted by Gasteiger charge is -2.30. The Morgan fingerprint density at radius 1 is 1.38 bits per heavy atom. The molecule has 1 aromatic carbocycles. The Balaban J connectivity index is 1.63. The fourth-order valence-electron chi connectivity index (χ4n) is 3.09. The number of benzene rings is 1. The van der Waals surface area contributed by atoms with E-state index in [4.69, 9.17) is 4.74 Å². The van der Waals surface area contributed by atoms with Gasteiger partial charge in [-0.1, -0.05) is 24.3 Å². The molecule has 0 radical (unpaired) electrons. The van der Waals surface area contributed by atoms with Crippen molar-refractivity contribution in [3.8, 4) is 11.3 Å². The van der Waals surface area contributed by atoms with Gasteiger partial charge in [0.05, 0.1) is 18.2 Å². The van der Waals surface area contributed by atoms with Gasteiger partial charge in [-0.15, -0.1) is 11.3 Å². The van der Waals surface area contributed by atoms with Crippen LogP contribution in [0.1, 0.15) is 25.3 Å². The van der Waals surface area contributed by atoms with Crippen LogP contribution in [0.5, 0.6) is 0 Å². The van der Waals surface area contributed by atoms with Gasteiger partial charge in [0.25, 0.3) is 0 Å². The molecule has 2 amide bonds. The summed E-state index contributed by atoms with van der Waals surface area (Å²) in [6.07, 6.45) is 1.21. The fraction of sp³-hybridized carbons (Fsp3) is 0.421. The Morgan fingerprint density at radius 3 is 2.96 bits per heavy atom. The Bertz CT molecular complexity index is 790. The summed E-state index contributed by atoms with van der Waals surface area (Å²) in [5.41, 5.74) is 3.07. The van der Waals surface area contributed by atoms with E-state index >= 15 is 0 Å². The lowest BCUT2D eigenvalue weighted by molar-refractivity contribution is -0.121. The average molecular weight is 373 g/mol. The number of aryl methyl sites for hydroxylation is 1. The molecule has 1 N–H and O–H groups in total. The van der Waals surface area contributed by atoms with Crippen LogP contribution in [0.15, 0.2) is 29.6 Å². The van der Waals surface area contributed by atoms with Gasteiger partial charge in [-0.3, -0.25) is 4.79 Å². The number of carbonyl (C=O) groups is 2. The Morgan fingerprint density at radius 2 is 2.19 bits per heavy atom. The van der Waals surface area contributed by atoms with Crippen molar-refractivity contribution >= 4 is 28.5 Å². The summed E-state index contributed by atoms with van der Waals surface area (Å²) in [5.74, 6) is -0.330. The minimum Gasteiger partial charge on any atom is -0.450 e. The number of hydrogen-bond donors (Lipinski definition) is 1. The molecule has 6 nitrogen and oxygen atoms in total. The van der Waals surface area contributed by atoms with E-state index in [9.17, 15) is 9.59 Å². The molecule has 26 heavy (non-hydrogen) atoms. The smallest absolute Gasteiger partial charge is 0.409 e. The first kappa shape index (κ1) is 18.4. The second-order valence-electron chi connectivity index (χ2n) is 6.33. The predicted octanol–water partition coefficient (Wildman–Crippen LogP) is 3.93. The zero-order valence-corrected chi connectivity index (χ0v) is 15.8. The molecule has 0 saturated carbocycles. The van der Waals surface area contributed by atoms with E-state index in [1.165, 1.54) is 11.3 Å². The van der Waals surface area contributed by atoms with E-state index in [0.29, 0.717) is 24.8 Å². The number of piperidine rings is 1. The minimum absolute atomic E-state index is 0.0929. The summed E-state index contributed by atoms with van der Waals surface area (Å²) in [6.45, 7) is 5.18. The number of ether oxygens (including phenoxy) is 1. The van der Waals surface area contributed by atoms with Gasteiger partial charge < -0.3 is 15.0 Å². The van der Waals surface area contributed by atoms with E-state index in [0.717, 1.165) is 29.7 Å². The van der Waals surface area contributed by atoms with Crippen LogP contribution in [0, 0.1) is 12.8 Å². The quantitative estimate of drug-likeness (QED) is 0.881. The van der Waals surface area contributed by atoms with E-state index < -0.39 is 0 Å². The summed E-state index contributed by atoms with van der Waals surface area (Å²) in [6, 6.07) is 8.03. The molecule has 1 aromatic heterocycles. The standard InChI is InChI=1S/C19H23N3O3S/c1-3-25-19(24)22-10-6-8-14(11-22)17(23)21-18-20-16(12-26-18)15-9-5-4-7-13(15)2/h4-5,7,9,12,14H,3,6,8,10-11H2,1-2H3,(H,20,21,23). The highest BCUT2D eigenvalue weighted by Crippen LogP contribution is 2.28. The van der Waals surface area contributed by atoms with Crippen LogP contribution in [0.25, 0.3) is 11.3 Å². The predicted molar refractivity (Wildman–Crippen MR) is 102 cm³/mol. The molecular formula is C19H23N3O3S. The molecule has 138 valence electrons. The second kappa shape index (κ2) is 8.31. The number of nitrogens with one attached hydrogen (secondary N) is 1. The lowest BCUT2D eigenvalue weighted by Crippen LogP contribution is -2.44. The molecule has 1 fully saturated rings. The Labute approximate surface area is 157 Å². The number of likely N-dealkylation sites (tertiary alicyclic amines) is 1. The molecule has 2 aromatic rings. The second-order valence-corrected chi connectivity index (χ2v) is 7.18. The third-order valence-corrected chi connectivity index (χ3v) is 5.23. The van der Waals surface area contributed by atoms with Gasteiger partial charge in [-0.25, -0.2) is 9.78 Å². The van der Waals surface area contributed by atoms with Crippen LogP contribution in [-0.4, -0.2) is 41.6 Å². The van der Waals surface area contributed by atoms with Crippen molar-refractivity contribution in [2.45, 2.75) is 26.7 Å². The van der Waals surface area contributed by atoms with Gasteiger partial charge in [0.15, 0.2) is 5.13 Å². The molecule has 0 spiro atoms. The number of nitrogens with zero attached hydrogens (tertiary/aromatic N) is 2. The molecule has 1 atom stereocenters. The maximum atomic E-state index is 12.6. The van der Waals surface area contributed by atoms with Crippen LogP contribution in [0.4, 0.5) is 9.93 Å². The van der Waals surface area contributed by atoms with Gasteiger partial charge in [0.2, 0.25) is 5.91 Å². The fourth-order valence-corrected chi connectivity index (χ4v) is 3.81. The van der Waals surface area contributed by atoms with Gasteiger partial charge in [0.1, 0.15) is 0 Å². The molecule has 2 heterocycles. The zero-order chi connectivity index (χ0) is 18.5. The molecule has 3 rings (SSSR count). The van der Waals surface area contributed by atoms with E-state index in [2.05, 4.69) is 10.3 Å². The van der Waals surface area contributed by atoms with Crippen molar-refractivity contribution < 1.29 is 14.3 Å². The number of thiazole rings is 1. The summed E-state index contributed by atoms with van der Waals surface area (Å²) < 4.78 is 5.04. The molecule has 0 aliphatic carbocycles. The first-order chi connectivity index (χ1) is 12.6. The van der Waals surface area contributed by atoms with Gasteiger partial charge >= 0.3 is 6.09 Å². The van der Waals surface area contributed by atoms with Gasteiger partial charge in [-0.2, -0.15) is 0 Å². The van der Waals surface area contributed by atoms with Crippen LogP contribution in [-0.2, 0) is 9.53 Å². The van der Waals surface area contributed by atoms with Crippen molar-refractivity contribution in [1.82, 2.24) is 9.88 Å². The molecule has 1 unspecified atom stereocenters. The summed E-state index contributed by atoms with van der Waals surface area (Å²) in [4.78, 5) is 30.6. The lowest BCUT2D eigenvalue weighted by atomic mass is 9.97. The molecular weight excluding hydrogens is 350 g/mol. The summed E-state index contributed by atoms with van der Waals surface area (Å²) >= 11 is 1.41. The highest BCUT2D eigenvalue weighted by Gasteiger charge is 2.29. The SMILES string of the molecule is CCOC(=O)N1CCCC(C(=O)Nc2nc(-c3ccccc3C)cs2)C1. The van der Waals surface area contributed by atoms with Crippen LogP contribution in [0.2, 0.25) is 0 Å². The highest BCUT2D eigenvalue weighted by atomic mass is 32.1. The highest BCUT2D eigenvalue weighted by molar-refractivity contribution is 7.14. The third-order valence-electron chi connectivity index (χ3n) is 4.47. The number of carbonyl (C=O) groups excluding carboxylic acids is 2. The normalized spacial score (nSPS) is 17.0. The molecule has 0 bridgehead atoms. The van der Waals surface area contributed by atoms with Crippen molar-refractivity contribution in [1.29, 1.82) is 0 Å². The van der Waals surface area contributed by atoms with Crippen molar-refractivity contribution in [2.24, 2.45) is 5.92 Å². The number of amides is 2. The van der Waals surface area contributed by atoms with E-state index in [1.54, 1.807) is 11.8 Å². The first-order valence-corrected chi connectivity index (χ1v) is 9.70. The first-order valence-electron chi connectivity index (χ1n) is 8.82. The number of hydrogen-bond acceptors (Lipinski definition) is 5. The molecule has 1 saturated heterocycles. The summed E-state index contributed by atoms with van der Waals surface area (Å²) in [5, 5.41) is 5.44. The topological polar surface area (TPSA) is 71.5 Å². The zero-order valence-electron chi connectivity index (χ0n) is 15.0.